The summed E-state index contributed by atoms with van der Waals surface area (Å²) in [6.07, 6.45) is 1.64. The average Bonchev–Trinajstić information content (AvgIpc) is 2.82. The van der Waals surface area contributed by atoms with Crippen LogP contribution >= 0.6 is 7.82 Å². The van der Waals surface area contributed by atoms with E-state index in [4.69, 9.17) is 13.6 Å². The Balaban J connectivity index is 2.13. The van der Waals surface area contributed by atoms with Crippen molar-refractivity contribution in [2.75, 3.05) is 0 Å². The van der Waals surface area contributed by atoms with Gasteiger partial charge in [-0.2, -0.15) is 9.25 Å². The molecule has 2 bridgehead atoms. The Labute approximate surface area is 101 Å². The molecule has 2 aromatic rings. The number of benzene rings is 1. The van der Waals surface area contributed by atoms with Crippen molar-refractivity contribution in [1.29, 1.82) is 0 Å². The minimum atomic E-state index is -3.67. The molecule has 0 radical (unpaired) electrons. The van der Waals surface area contributed by atoms with E-state index in [9.17, 15) is 4.57 Å². The molecule has 0 fully saturated rings. The third-order valence-corrected chi connectivity index (χ3v) is 3.88. The van der Waals surface area contributed by atoms with E-state index < -0.39 is 7.82 Å². The number of rotatable bonds is 1. The molecule has 0 saturated heterocycles. The minimum Gasteiger partial charge on any atom is -0.384 e. The van der Waals surface area contributed by atoms with Crippen LogP contribution in [0.2, 0.25) is 0 Å². The molecule has 90 valence electrons. The number of aromatic nitrogens is 3. The zero-order valence-corrected chi connectivity index (χ0v) is 9.83. The van der Waals surface area contributed by atoms with Gasteiger partial charge in [0.15, 0.2) is 5.75 Å². The molecule has 1 aromatic heterocycles. The van der Waals surface area contributed by atoms with Gasteiger partial charge in [0, 0.05) is 5.56 Å². The van der Waals surface area contributed by atoms with E-state index in [2.05, 4.69) is 16.9 Å². The van der Waals surface area contributed by atoms with E-state index >= 15 is 0 Å². The van der Waals surface area contributed by atoms with Crippen LogP contribution in [0.15, 0.2) is 24.8 Å². The molecule has 7 nitrogen and oxygen atoms in total. The van der Waals surface area contributed by atoms with Crippen LogP contribution in [0, 0.1) is 0 Å². The van der Waals surface area contributed by atoms with E-state index in [1.165, 1.54) is 4.68 Å². The monoisotopic (exact) mass is 263 g/mol. The maximum atomic E-state index is 12.2. The van der Waals surface area contributed by atoms with Crippen LogP contribution in [0.4, 0.5) is 0 Å². The second-order valence-corrected chi connectivity index (χ2v) is 5.17. The standard InChI is InChI=1S/C10H6N3O4P/c1-2-6-4-3-5-7-8(6)13-10-9(11-12-13)16-18(14,15-7)17-10/h2-5H,1H2. The molecular formula is C10H6N3O4P. The van der Waals surface area contributed by atoms with Crippen LogP contribution in [0.1, 0.15) is 5.56 Å². The minimum absolute atomic E-state index is 0.0721. The molecule has 0 saturated carbocycles. The van der Waals surface area contributed by atoms with Crippen molar-refractivity contribution in [3.63, 3.8) is 0 Å². The lowest BCUT2D eigenvalue weighted by Gasteiger charge is -2.11. The first-order valence-electron chi connectivity index (χ1n) is 5.10. The lowest BCUT2D eigenvalue weighted by atomic mass is 10.1. The molecule has 1 unspecified atom stereocenters. The third-order valence-electron chi connectivity index (χ3n) is 2.67. The summed E-state index contributed by atoms with van der Waals surface area (Å²) in [5.41, 5.74) is 1.35. The largest absolute Gasteiger partial charge is 0.650 e. The fourth-order valence-corrected chi connectivity index (χ4v) is 3.13. The highest BCUT2D eigenvalue weighted by molar-refractivity contribution is 7.50. The molecule has 0 aliphatic carbocycles. The summed E-state index contributed by atoms with van der Waals surface area (Å²) in [7, 11) is -3.67. The summed E-state index contributed by atoms with van der Waals surface area (Å²) >= 11 is 0. The second-order valence-electron chi connectivity index (χ2n) is 3.73. The predicted molar refractivity (Wildman–Crippen MR) is 60.9 cm³/mol. The smallest absolute Gasteiger partial charge is 0.384 e. The van der Waals surface area contributed by atoms with Gasteiger partial charge >= 0.3 is 13.7 Å². The van der Waals surface area contributed by atoms with Gasteiger partial charge in [0.05, 0.1) is 0 Å². The number of hydrogen-bond acceptors (Lipinski definition) is 6. The molecule has 1 aromatic carbocycles. The molecule has 0 amide bonds. The van der Waals surface area contributed by atoms with Crippen molar-refractivity contribution in [2.45, 2.75) is 0 Å². The van der Waals surface area contributed by atoms with Crippen LogP contribution in [0.5, 0.6) is 17.5 Å². The Hall–Kier alpha value is -2.27. The number of nitrogens with zero attached hydrogens (tertiary/aromatic N) is 3. The van der Waals surface area contributed by atoms with Gasteiger partial charge in [-0.05, 0) is 6.07 Å². The van der Waals surface area contributed by atoms with E-state index in [1.807, 2.05) is 6.07 Å². The van der Waals surface area contributed by atoms with Gasteiger partial charge in [-0.3, -0.25) is 0 Å². The van der Waals surface area contributed by atoms with Gasteiger partial charge in [0.25, 0.3) is 5.88 Å². The summed E-state index contributed by atoms with van der Waals surface area (Å²) in [4.78, 5) is 0. The van der Waals surface area contributed by atoms with E-state index in [-0.39, 0.29) is 11.8 Å². The quantitative estimate of drug-likeness (QED) is 0.734. The van der Waals surface area contributed by atoms with E-state index in [1.54, 1.807) is 18.2 Å². The molecule has 2 aliphatic rings. The average molecular weight is 263 g/mol. The van der Waals surface area contributed by atoms with Crippen LogP contribution in [-0.2, 0) is 4.57 Å². The first-order chi connectivity index (χ1) is 8.70. The molecule has 4 rings (SSSR count). The summed E-state index contributed by atoms with van der Waals surface area (Å²) in [6.45, 7) is 3.72. The van der Waals surface area contributed by atoms with Crippen molar-refractivity contribution in [3.8, 4) is 23.2 Å². The second kappa shape index (κ2) is 2.94. The lowest BCUT2D eigenvalue weighted by molar-refractivity contribution is 0.328. The van der Waals surface area contributed by atoms with Crippen LogP contribution < -0.4 is 13.6 Å². The molecule has 8 heteroatoms. The van der Waals surface area contributed by atoms with Crippen molar-refractivity contribution in [3.05, 3.63) is 30.3 Å². The summed E-state index contributed by atoms with van der Waals surface area (Å²) in [6, 6.07) is 5.24. The van der Waals surface area contributed by atoms with Crippen LogP contribution in [0.3, 0.4) is 0 Å². The maximum Gasteiger partial charge on any atom is 0.650 e. The number of hydrogen-bond donors (Lipinski definition) is 0. The Morgan fingerprint density at radius 1 is 1.33 bits per heavy atom. The zero-order valence-electron chi connectivity index (χ0n) is 8.94. The number of phosphoric acid groups is 1. The zero-order chi connectivity index (χ0) is 12.3. The molecule has 1 atom stereocenters. The SMILES string of the molecule is C=Cc1cccc2c1-n1nnc3c1OP(=O)(O2)O3. The van der Waals surface area contributed by atoms with E-state index in [0.29, 0.717) is 11.4 Å². The Bertz CT molecular complexity index is 739. The van der Waals surface area contributed by atoms with Crippen molar-refractivity contribution < 1.29 is 18.1 Å². The fourth-order valence-electron chi connectivity index (χ4n) is 1.93. The van der Waals surface area contributed by atoms with Gasteiger partial charge in [-0.1, -0.05) is 35.1 Å². The Kier molecular flexibility index (Phi) is 1.59. The highest BCUT2D eigenvalue weighted by Crippen LogP contribution is 2.61. The molecule has 0 spiro atoms. The van der Waals surface area contributed by atoms with Gasteiger partial charge in [0.1, 0.15) is 5.69 Å². The summed E-state index contributed by atoms with van der Waals surface area (Å²) in [5, 5.41) is 7.66. The Morgan fingerprint density at radius 3 is 3.06 bits per heavy atom. The van der Waals surface area contributed by atoms with Crippen molar-refractivity contribution >= 4 is 13.9 Å². The van der Waals surface area contributed by atoms with Gasteiger partial charge < -0.3 is 13.6 Å². The maximum absolute atomic E-state index is 12.2. The predicted octanol–water partition coefficient (Wildman–Crippen LogP) is 2.18. The van der Waals surface area contributed by atoms with Gasteiger partial charge in [-0.25, -0.2) is 0 Å². The normalized spacial score (nSPS) is 22.2. The number of para-hydroxylation sites is 1. The topological polar surface area (TPSA) is 75.5 Å². The van der Waals surface area contributed by atoms with Crippen LogP contribution in [0.25, 0.3) is 11.8 Å². The highest BCUT2D eigenvalue weighted by Gasteiger charge is 2.48. The fraction of sp³-hybridized carbons (Fsp3) is 0. The third kappa shape index (κ3) is 1.06. The van der Waals surface area contributed by atoms with Gasteiger partial charge in [0.2, 0.25) is 0 Å². The first kappa shape index (κ1) is 9.73. The molecular weight excluding hydrogens is 257 g/mol. The molecule has 2 aliphatic heterocycles. The number of phosphoric ester groups is 1. The summed E-state index contributed by atoms with van der Waals surface area (Å²) in [5.74, 6) is 0.611. The highest BCUT2D eigenvalue weighted by atomic mass is 31.2. The van der Waals surface area contributed by atoms with Crippen LogP contribution in [-0.4, -0.2) is 15.0 Å². The van der Waals surface area contributed by atoms with Crippen molar-refractivity contribution in [1.82, 2.24) is 15.0 Å². The van der Waals surface area contributed by atoms with E-state index in [0.717, 1.165) is 5.56 Å². The first-order valence-corrected chi connectivity index (χ1v) is 6.57. The lowest BCUT2D eigenvalue weighted by Crippen LogP contribution is -2.01. The van der Waals surface area contributed by atoms with Gasteiger partial charge in [-0.15, -0.1) is 0 Å². The molecule has 3 heterocycles. The van der Waals surface area contributed by atoms with Crippen molar-refractivity contribution in [2.24, 2.45) is 0 Å². The summed E-state index contributed by atoms with van der Waals surface area (Å²) < 4.78 is 29.1. The number of fused-ring (bicyclic) bond motifs is 3. The Morgan fingerprint density at radius 2 is 2.22 bits per heavy atom. The molecule has 0 N–H and O–H groups in total. The molecule has 18 heavy (non-hydrogen) atoms.